The van der Waals surface area contributed by atoms with E-state index in [1.807, 2.05) is 0 Å². The third kappa shape index (κ3) is 5.17. The maximum absolute atomic E-state index is 5.81. The smallest absolute Gasteiger partial charge is 0.165 e. The molecule has 0 N–H and O–H groups in total. The maximum atomic E-state index is 5.81. The Bertz CT molecular complexity index is 4380. The van der Waals surface area contributed by atoms with Crippen molar-refractivity contribution in [2.75, 3.05) is 0 Å². The van der Waals surface area contributed by atoms with Gasteiger partial charge in [-0.3, -0.25) is 4.57 Å². The van der Waals surface area contributed by atoms with Crippen LogP contribution < -0.4 is 0 Å². The Morgan fingerprint density at radius 1 is 0.221 bits per heavy atom. The van der Waals surface area contributed by atoms with Gasteiger partial charge in [-0.1, -0.05) is 152 Å². The zero-order valence-electron chi connectivity index (χ0n) is 36.6. The van der Waals surface area contributed by atoms with Gasteiger partial charge in [0.05, 0.1) is 50.0 Å². The predicted molar refractivity (Wildman–Crippen MR) is 282 cm³/mol. The van der Waals surface area contributed by atoms with Gasteiger partial charge in [-0.05, 0) is 90.0 Å². The fourth-order valence-electron chi connectivity index (χ4n) is 11.2. The quantitative estimate of drug-likeness (QED) is 0.173. The van der Waals surface area contributed by atoms with Gasteiger partial charge >= 0.3 is 0 Å². The molecule has 0 amide bonds. The summed E-state index contributed by atoms with van der Waals surface area (Å²) < 4.78 is 9.40. The lowest BCUT2D eigenvalue weighted by Crippen LogP contribution is -2.04. The Hall–Kier alpha value is -9.26. The molecule has 0 bridgehead atoms. The van der Waals surface area contributed by atoms with Crippen LogP contribution in [0.5, 0.6) is 0 Å². The second kappa shape index (κ2) is 14.1. The molecule has 15 rings (SSSR count). The van der Waals surface area contributed by atoms with Gasteiger partial charge < -0.3 is 13.7 Å². The minimum absolute atomic E-state index is 0.809. The number of nitrogens with zero attached hydrogens (tertiary/aromatic N) is 6. The molecular weight excluding hydrogens is 829 g/mol. The Kier molecular flexibility index (Phi) is 7.69. The molecule has 0 fully saturated rings. The number of hydrogen-bond donors (Lipinski definition) is 0. The van der Waals surface area contributed by atoms with E-state index in [0.717, 1.165) is 89.0 Å². The molecule has 5 heterocycles. The highest BCUT2D eigenvalue weighted by Crippen LogP contribution is 2.41. The van der Waals surface area contributed by atoms with Crippen LogP contribution in [-0.4, -0.2) is 28.2 Å². The van der Waals surface area contributed by atoms with E-state index in [9.17, 15) is 0 Å². The number of aromatic nitrogens is 6. The van der Waals surface area contributed by atoms with E-state index in [2.05, 4.69) is 249 Å². The molecule has 0 aliphatic carbocycles. The summed E-state index contributed by atoms with van der Waals surface area (Å²) in [4.78, 5) is 11.6. The van der Waals surface area contributed by atoms with E-state index in [0.29, 0.717) is 0 Å². The van der Waals surface area contributed by atoms with Gasteiger partial charge in [-0.25, -0.2) is 9.97 Å². The maximum Gasteiger partial charge on any atom is 0.165 e. The van der Waals surface area contributed by atoms with Crippen LogP contribution in [0.3, 0.4) is 0 Å². The molecule has 0 aliphatic heterocycles. The molecule has 316 valence electrons. The lowest BCUT2D eigenvalue weighted by Gasteiger charge is -2.16. The molecule has 6 nitrogen and oxygen atoms in total. The standard InChI is InChI=1S/C62H38N6/c1-8-22-50-43(15-1)44-16-2-9-23-51(44)65(50)41-33-29-39(30-34-41)40-31-35-42(36-32-40)66-56-28-14-7-21-49(56)59-62(66)64-61-58(68-54-26-12-5-19-47(54)48-20-6-13-27-55(48)68)38-37-57(60(61)63-59)67-52-24-10-3-17-45(52)46-18-4-11-25-53(46)67/h1-38H. The van der Waals surface area contributed by atoms with Gasteiger partial charge in [-0.15, -0.1) is 0 Å². The summed E-state index contributed by atoms with van der Waals surface area (Å²) in [6.07, 6.45) is 0. The minimum atomic E-state index is 0.809. The first kappa shape index (κ1) is 37.0. The van der Waals surface area contributed by atoms with E-state index < -0.39 is 0 Å². The first-order valence-electron chi connectivity index (χ1n) is 23.2. The van der Waals surface area contributed by atoms with Crippen molar-refractivity contribution < 1.29 is 0 Å². The number of rotatable bonds is 5. The van der Waals surface area contributed by atoms with Crippen LogP contribution in [0.15, 0.2) is 231 Å². The molecule has 15 aromatic rings. The Morgan fingerprint density at radius 3 is 0.897 bits per heavy atom. The average molecular weight is 867 g/mol. The molecule has 0 aliphatic rings. The molecule has 5 aromatic heterocycles. The molecule has 0 radical (unpaired) electrons. The predicted octanol–water partition coefficient (Wildman–Crippen LogP) is 15.7. The van der Waals surface area contributed by atoms with Crippen LogP contribution in [0, 0.1) is 0 Å². The highest BCUT2D eigenvalue weighted by Gasteiger charge is 2.24. The van der Waals surface area contributed by atoms with Gasteiger partial charge in [0, 0.05) is 49.1 Å². The normalized spacial score (nSPS) is 12.1. The topological polar surface area (TPSA) is 45.5 Å². The van der Waals surface area contributed by atoms with Crippen LogP contribution in [0.1, 0.15) is 0 Å². The first-order valence-corrected chi connectivity index (χ1v) is 23.2. The lowest BCUT2D eigenvalue weighted by molar-refractivity contribution is 1.12. The lowest BCUT2D eigenvalue weighted by atomic mass is 10.0. The second-order valence-corrected chi connectivity index (χ2v) is 17.8. The summed E-state index contributed by atoms with van der Waals surface area (Å²) in [6, 6.07) is 82.9. The summed E-state index contributed by atoms with van der Waals surface area (Å²) in [5, 5.41) is 8.39. The Labute approximate surface area is 389 Å². The fourth-order valence-corrected chi connectivity index (χ4v) is 11.2. The number of para-hydroxylation sites is 7. The molecule has 0 unspecified atom stereocenters. The van der Waals surface area contributed by atoms with Crippen LogP contribution in [0.25, 0.3) is 132 Å². The summed E-state index contributed by atoms with van der Waals surface area (Å²) in [6.45, 7) is 0. The summed E-state index contributed by atoms with van der Waals surface area (Å²) in [7, 11) is 0. The van der Waals surface area contributed by atoms with Crippen molar-refractivity contribution in [1.29, 1.82) is 0 Å². The number of benzene rings is 10. The van der Waals surface area contributed by atoms with E-state index in [-0.39, 0.29) is 0 Å². The zero-order chi connectivity index (χ0) is 44.5. The molecule has 0 saturated carbocycles. The first-order chi connectivity index (χ1) is 33.8. The molecule has 68 heavy (non-hydrogen) atoms. The van der Waals surface area contributed by atoms with E-state index in [4.69, 9.17) is 9.97 Å². The van der Waals surface area contributed by atoms with Crippen molar-refractivity contribution in [2.24, 2.45) is 0 Å². The number of hydrogen-bond acceptors (Lipinski definition) is 2. The molecule has 6 heteroatoms. The molecule has 0 spiro atoms. The minimum Gasteiger partial charge on any atom is -0.309 e. The SMILES string of the molecule is c1ccc2c(c1)c1ccccc1n2-c1ccc(-c2ccc(-n3c4ccccc4c4nc5c(-n6c7ccccc7c7ccccc76)ccc(-n6c7ccccc7c7ccccc76)c5nc43)cc2)cc1. The van der Waals surface area contributed by atoms with Crippen molar-refractivity contribution in [3.8, 4) is 33.9 Å². The van der Waals surface area contributed by atoms with Gasteiger partial charge in [0.2, 0.25) is 0 Å². The van der Waals surface area contributed by atoms with Crippen molar-refractivity contribution in [3.63, 3.8) is 0 Å². The van der Waals surface area contributed by atoms with Crippen LogP contribution in [0.4, 0.5) is 0 Å². The summed E-state index contributed by atoms with van der Waals surface area (Å²) in [5.41, 5.74) is 17.7. The van der Waals surface area contributed by atoms with E-state index in [1.165, 1.54) is 43.4 Å². The fraction of sp³-hybridized carbons (Fsp3) is 0. The van der Waals surface area contributed by atoms with Crippen LogP contribution >= 0.6 is 0 Å². The van der Waals surface area contributed by atoms with E-state index in [1.54, 1.807) is 0 Å². The average Bonchev–Trinajstić information content (AvgIpc) is 4.13. The summed E-state index contributed by atoms with van der Waals surface area (Å²) in [5.74, 6) is 0. The van der Waals surface area contributed by atoms with Crippen molar-refractivity contribution in [2.45, 2.75) is 0 Å². The monoisotopic (exact) mass is 866 g/mol. The Balaban J connectivity index is 0.942. The van der Waals surface area contributed by atoms with Gasteiger partial charge in [0.1, 0.15) is 16.6 Å². The zero-order valence-corrected chi connectivity index (χ0v) is 36.6. The number of fused-ring (bicyclic) bond motifs is 13. The van der Waals surface area contributed by atoms with Gasteiger partial charge in [-0.2, -0.15) is 0 Å². The van der Waals surface area contributed by atoms with Gasteiger partial charge in [0.25, 0.3) is 0 Å². The van der Waals surface area contributed by atoms with Crippen LogP contribution in [-0.2, 0) is 0 Å². The largest absolute Gasteiger partial charge is 0.309 e. The van der Waals surface area contributed by atoms with Crippen LogP contribution in [0.2, 0.25) is 0 Å². The molecule has 0 atom stereocenters. The van der Waals surface area contributed by atoms with Crippen molar-refractivity contribution in [1.82, 2.24) is 28.2 Å². The third-order valence-electron chi connectivity index (χ3n) is 14.2. The highest BCUT2D eigenvalue weighted by molar-refractivity contribution is 6.15. The second-order valence-electron chi connectivity index (χ2n) is 17.8. The van der Waals surface area contributed by atoms with Crippen molar-refractivity contribution >= 4 is 98.5 Å². The molecular formula is C62H38N6. The molecule has 10 aromatic carbocycles. The Morgan fingerprint density at radius 2 is 0.515 bits per heavy atom. The third-order valence-corrected chi connectivity index (χ3v) is 14.2. The van der Waals surface area contributed by atoms with Gasteiger partial charge in [0.15, 0.2) is 5.65 Å². The highest BCUT2D eigenvalue weighted by atomic mass is 15.1. The summed E-state index contributed by atoms with van der Waals surface area (Å²) >= 11 is 0. The molecule has 0 saturated heterocycles. The van der Waals surface area contributed by atoms with Crippen molar-refractivity contribution in [3.05, 3.63) is 231 Å². The van der Waals surface area contributed by atoms with E-state index >= 15 is 0 Å².